The summed E-state index contributed by atoms with van der Waals surface area (Å²) in [6.07, 6.45) is 9.13. The van der Waals surface area contributed by atoms with E-state index >= 15 is 0 Å². The first-order valence-electron chi connectivity index (χ1n) is 7.93. The van der Waals surface area contributed by atoms with Crippen LogP contribution in [-0.4, -0.2) is 23.0 Å². The summed E-state index contributed by atoms with van der Waals surface area (Å²) < 4.78 is 0. The third-order valence-electron chi connectivity index (χ3n) is 5.11. The first-order chi connectivity index (χ1) is 9.65. The Morgan fingerprint density at radius 3 is 2.65 bits per heavy atom. The average Bonchev–Trinajstić information content (AvgIpc) is 2.51. The zero-order chi connectivity index (χ0) is 14.5. The molecule has 0 bridgehead atoms. The molecule has 1 amide bonds. The first-order valence-corrected chi connectivity index (χ1v) is 7.93. The molecule has 0 aromatic heterocycles. The number of amides is 1. The molecule has 4 N–H and O–H groups in total. The van der Waals surface area contributed by atoms with Crippen LogP contribution in [0.2, 0.25) is 0 Å². The van der Waals surface area contributed by atoms with Gasteiger partial charge in [0.1, 0.15) is 0 Å². The third-order valence-corrected chi connectivity index (χ3v) is 5.11. The van der Waals surface area contributed by atoms with E-state index in [9.17, 15) is 4.79 Å². The summed E-state index contributed by atoms with van der Waals surface area (Å²) in [6, 6.07) is -0.350. The largest absolute Gasteiger partial charge is 0.409 e. The molecule has 0 saturated heterocycles. The topological polar surface area (TPSA) is 87.7 Å². The van der Waals surface area contributed by atoms with Crippen molar-refractivity contribution in [1.82, 2.24) is 5.32 Å². The molecule has 5 nitrogen and oxygen atoms in total. The summed E-state index contributed by atoms with van der Waals surface area (Å²) in [5.74, 6) is 1.85. The molecule has 2 rings (SSSR count). The Bertz CT molecular complexity index is 370. The molecule has 4 atom stereocenters. The van der Waals surface area contributed by atoms with Gasteiger partial charge in [0.05, 0.1) is 6.04 Å². The Morgan fingerprint density at radius 2 is 2.00 bits per heavy atom. The molecule has 5 heteroatoms. The van der Waals surface area contributed by atoms with E-state index in [2.05, 4.69) is 10.5 Å². The number of amidine groups is 1. The Kier molecular flexibility index (Phi) is 5.26. The van der Waals surface area contributed by atoms with E-state index in [1.807, 2.05) is 6.92 Å². The van der Waals surface area contributed by atoms with Crippen LogP contribution in [-0.2, 0) is 4.79 Å². The number of fused-ring (bicyclic) bond motifs is 1. The van der Waals surface area contributed by atoms with Gasteiger partial charge in [-0.1, -0.05) is 37.8 Å². The van der Waals surface area contributed by atoms with E-state index in [1.165, 1.54) is 32.1 Å². The van der Waals surface area contributed by atoms with Crippen molar-refractivity contribution in [3.05, 3.63) is 0 Å². The Morgan fingerprint density at radius 1 is 1.30 bits per heavy atom. The number of carbonyl (C=O) groups is 1. The highest BCUT2D eigenvalue weighted by atomic mass is 16.4. The number of carbonyl (C=O) groups excluding carboxylic acids is 1. The molecule has 0 heterocycles. The van der Waals surface area contributed by atoms with Gasteiger partial charge in [0.25, 0.3) is 0 Å². The lowest BCUT2D eigenvalue weighted by Gasteiger charge is -2.39. The first kappa shape index (κ1) is 15.1. The van der Waals surface area contributed by atoms with Crippen molar-refractivity contribution < 1.29 is 10.0 Å². The van der Waals surface area contributed by atoms with Gasteiger partial charge in [-0.05, 0) is 37.5 Å². The summed E-state index contributed by atoms with van der Waals surface area (Å²) in [5.41, 5.74) is 5.60. The van der Waals surface area contributed by atoms with Crippen LogP contribution in [0.3, 0.4) is 0 Å². The van der Waals surface area contributed by atoms with Gasteiger partial charge in [-0.25, -0.2) is 0 Å². The summed E-state index contributed by atoms with van der Waals surface area (Å²) in [7, 11) is 0. The smallest absolute Gasteiger partial charge is 0.223 e. The molecule has 0 aromatic carbocycles. The molecule has 114 valence electrons. The van der Waals surface area contributed by atoms with Crippen molar-refractivity contribution in [2.75, 3.05) is 0 Å². The van der Waals surface area contributed by atoms with Crippen LogP contribution in [0.25, 0.3) is 0 Å². The molecule has 2 saturated carbocycles. The Balaban J connectivity index is 1.89. The van der Waals surface area contributed by atoms with Crippen molar-refractivity contribution in [3.63, 3.8) is 0 Å². The van der Waals surface area contributed by atoms with Crippen LogP contribution < -0.4 is 11.1 Å². The number of nitrogens with two attached hydrogens (primary N) is 1. The second kappa shape index (κ2) is 6.95. The van der Waals surface area contributed by atoms with Crippen molar-refractivity contribution in [2.24, 2.45) is 28.6 Å². The lowest BCUT2D eigenvalue weighted by Crippen LogP contribution is -2.47. The second-order valence-electron chi connectivity index (χ2n) is 6.31. The number of hydrogen-bond donors (Lipinski definition) is 3. The summed E-state index contributed by atoms with van der Waals surface area (Å²) >= 11 is 0. The van der Waals surface area contributed by atoms with Crippen LogP contribution in [0.1, 0.15) is 58.3 Å². The zero-order valence-corrected chi connectivity index (χ0v) is 12.3. The van der Waals surface area contributed by atoms with Crippen LogP contribution >= 0.6 is 0 Å². The lowest BCUT2D eigenvalue weighted by atomic mass is 9.67. The zero-order valence-electron chi connectivity index (χ0n) is 12.3. The molecule has 20 heavy (non-hydrogen) atoms. The number of hydrogen-bond acceptors (Lipinski definition) is 3. The van der Waals surface area contributed by atoms with Crippen molar-refractivity contribution in [1.29, 1.82) is 0 Å². The summed E-state index contributed by atoms with van der Waals surface area (Å²) in [4.78, 5) is 12.4. The Hall–Kier alpha value is -1.26. The van der Waals surface area contributed by atoms with Gasteiger partial charge in [-0.3, -0.25) is 4.79 Å². The monoisotopic (exact) mass is 281 g/mol. The second-order valence-corrected chi connectivity index (χ2v) is 6.31. The van der Waals surface area contributed by atoms with Crippen LogP contribution in [0, 0.1) is 17.8 Å². The molecule has 0 spiro atoms. The average molecular weight is 281 g/mol. The number of nitrogens with zero attached hydrogens (tertiary/aromatic N) is 1. The maximum Gasteiger partial charge on any atom is 0.223 e. The highest BCUT2D eigenvalue weighted by molar-refractivity contribution is 5.90. The van der Waals surface area contributed by atoms with E-state index in [0.29, 0.717) is 6.42 Å². The fraction of sp³-hybridized carbons (Fsp3) is 0.867. The van der Waals surface area contributed by atoms with Gasteiger partial charge in [0.2, 0.25) is 5.91 Å². The summed E-state index contributed by atoms with van der Waals surface area (Å²) in [5, 5.41) is 14.7. The van der Waals surface area contributed by atoms with Gasteiger partial charge in [0, 0.05) is 5.92 Å². The van der Waals surface area contributed by atoms with Crippen LogP contribution in [0.15, 0.2) is 5.16 Å². The van der Waals surface area contributed by atoms with Gasteiger partial charge in [-0.2, -0.15) is 0 Å². The fourth-order valence-corrected chi connectivity index (χ4v) is 3.86. The SMILES string of the molecule is CCC(NC(=O)C1CCC2CCCCC2C1)C(N)=NO. The van der Waals surface area contributed by atoms with E-state index in [0.717, 1.165) is 24.7 Å². The highest BCUT2D eigenvalue weighted by Crippen LogP contribution is 2.42. The number of nitrogens with one attached hydrogen (secondary N) is 1. The van der Waals surface area contributed by atoms with Gasteiger partial charge >= 0.3 is 0 Å². The normalized spacial score (nSPS) is 32.2. The molecule has 2 fully saturated rings. The molecule has 0 radical (unpaired) electrons. The van der Waals surface area contributed by atoms with E-state index < -0.39 is 0 Å². The minimum absolute atomic E-state index is 0.0764. The van der Waals surface area contributed by atoms with Gasteiger partial charge in [0.15, 0.2) is 5.84 Å². The van der Waals surface area contributed by atoms with Crippen LogP contribution in [0.5, 0.6) is 0 Å². The van der Waals surface area contributed by atoms with Crippen molar-refractivity contribution in [3.8, 4) is 0 Å². The van der Waals surface area contributed by atoms with Gasteiger partial charge in [-0.15, -0.1) is 0 Å². The highest BCUT2D eigenvalue weighted by Gasteiger charge is 2.35. The third kappa shape index (κ3) is 3.44. The molecule has 2 aliphatic carbocycles. The Labute approximate surface area is 121 Å². The maximum absolute atomic E-state index is 12.4. The minimum atomic E-state index is -0.350. The van der Waals surface area contributed by atoms with E-state index in [-0.39, 0.29) is 23.7 Å². The van der Waals surface area contributed by atoms with Crippen molar-refractivity contribution in [2.45, 2.75) is 64.3 Å². The molecule has 4 unspecified atom stereocenters. The van der Waals surface area contributed by atoms with Crippen LogP contribution in [0.4, 0.5) is 0 Å². The van der Waals surface area contributed by atoms with Crippen molar-refractivity contribution >= 4 is 11.7 Å². The molecule has 2 aliphatic rings. The fourth-order valence-electron chi connectivity index (χ4n) is 3.86. The predicted molar refractivity (Wildman–Crippen MR) is 78.4 cm³/mol. The summed E-state index contributed by atoms with van der Waals surface area (Å²) in [6.45, 7) is 1.92. The molecule has 0 aromatic rings. The quantitative estimate of drug-likeness (QED) is 0.319. The maximum atomic E-state index is 12.4. The number of oxime groups is 1. The molecule has 0 aliphatic heterocycles. The van der Waals surface area contributed by atoms with E-state index in [1.54, 1.807) is 0 Å². The molecular weight excluding hydrogens is 254 g/mol. The number of rotatable bonds is 4. The predicted octanol–water partition coefficient (Wildman–Crippen LogP) is 2.23. The minimum Gasteiger partial charge on any atom is -0.409 e. The van der Waals surface area contributed by atoms with Gasteiger partial charge < -0.3 is 16.3 Å². The lowest BCUT2D eigenvalue weighted by molar-refractivity contribution is -0.127. The van der Waals surface area contributed by atoms with E-state index in [4.69, 9.17) is 10.9 Å². The standard InChI is InChI=1S/C15H27N3O2/c1-2-13(14(16)18-20)17-15(19)12-8-7-10-5-3-4-6-11(10)9-12/h10-13,20H,2-9H2,1H3,(H2,16,18)(H,17,19). The molecular formula is C15H27N3O2.